The molecule has 0 aromatic carbocycles. The van der Waals surface area contributed by atoms with Gasteiger partial charge in [-0.15, -0.1) is 0 Å². The molecule has 2 aliphatic rings. The fraction of sp³-hybridized carbons (Fsp3) is 0.400. The lowest BCUT2D eigenvalue weighted by Gasteiger charge is -2.31. The molecule has 0 saturated heterocycles. The second-order valence-corrected chi connectivity index (χ2v) is 6.07. The van der Waals surface area contributed by atoms with Crippen LogP contribution < -0.4 is 5.73 Å². The Morgan fingerprint density at radius 1 is 1.44 bits per heavy atom. The monoisotopic (exact) mass is 372 g/mol. The first-order chi connectivity index (χ1) is 11.7. The second-order valence-electron chi connectivity index (χ2n) is 5.71. The van der Waals surface area contributed by atoms with E-state index >= 15 is 0 Å². The van der Waals surface area contributed by atoms with Crippen LogP contribution >= 0.6 is 11.6 Å². The third-order valence-corrected chi connectivity index (χ3v) is 4.62. The quantitative estimate of drug-likeness (QED) is 0.818. The zero-order chi connectivity index (χ0) is 18.5. The lowest BCUT2D eigenvalue weighted by molar-refractivity contribution is -0.142. The predicted octanol–water partition coefficient (Wildman–Crippen LogP) is 2.91. The van der Waals surface area contributed by atoms with E-state index in [1.807, 2.05) is 0 Å². The first kappa shape index (κ1) is 17.4. The van der Waals surface area contributed by atoms with Gasteiger partial charge in [-0.25, -0.2) is 0 Å². The molecular weight excluding hydrogens is 361 g/mol. The van der Waals surface area contributed by atoms with Crippen molar-refractivity contribution < 1.29 is 22.7 Å². The van der Waals surface area contributed by atoms with E-state index in [1.165, 1.54) is 7.05 Å². The van der Waals surface area contributed by atoms with Crippen molar-refractivity contribution in [1.29, 1.82) is 5.26 Å². The van der Waals surface area contributed by atoms with Gasteiger partial charge in [0.25, 0.3) is 0 Å². The van der Waals surface area contributed by atoms with E-state index in [-0.39, 0.29) is 40.1 Å². The molecule has 6 nitrogen and oxygen atoms in total. The fourth-order valence-corrected chi connectivity index (χ4v) is 3.37. The molecule has 1 aromatic rings. The van der Waals surface area contributed by atoms with Crippen molar-refractivity contribution in [3.63, 3.8) is 0 Å². The molecular formula is C15H12ClF3N4O2. The lowest BCUT2D eigenvalue weighted by atomic mass is 9.77. The van der Waals surface area contributed by atoms with Crippen molar-refractivity contribution in [3.05, 3.63) is 39.2 Å². The number of ketones is 1. The van der Waals surface area contributed by atoms with Crippen LogP contribution in [0.5, 0.6) is 0 Å². The van der Waals surface area contributed by atoms with Gasteiger partial charge in [-0.2, -0.15) is 23.5 Å². The van der Waals surface area contributed by atoms with E-state index in [0.29, 0.717) is 12.8 Å². The Bertz CT molecular complexity index is 877. The number of alkyl halides is 3. The Balaban J connectivity index is 2.33. The van der Waals surface area contributed by atoms with Crippen LogP contribution in [0.1, 0.15) is 36.4 Å². The maximum atomic E-state index is 13.4. The number of nitriles is 1. The van der Waals surface area contributed by atoms with Crippen LogP contribution in [0.2, 0.25) is 5.15 Å². The third kappa shape index (κ3) is 2.66. The van der Waals surface area contributed by atoms with Gasteiger partial charge < -0.3 is 10.5 Å². The summed E-state index contributed by atoms with van der Waals surface area (Å²) in [6.07, 6.45) is -3.83. The fourth-order valence-electron chi connectivity index (χ4n) is 3.13. The highest BCUT2D eigenvalue weighted by Gasteiger charge is 2.46. The van der Waals surface area contributed by atoms with Crippen LogP contribution in [0.4, 0.5) is 13.2 Å². The number of Topliss-reactive ketones (excluding diaryl/α,β-unsaturated/α-hetero) is 1. The molecule has 0 amide bonds. The maximum absolute atomic E-state index is 13.4. The maximum Gasteiger partial charge on any atom is 0.435 e. The molecule has 0 bridgehead atoms. The number of hydrogen-bond acceptors (Lipinski definition) is 5. The molecule has 1 aliphatic heterocycles. The average Bonchev–Trinajstić information content (AvgIpc) is 2.82. The van der Waals surface area contributed by atoms with Crippen molar-refractivity contribution in [2.24, 2.45) is 12.8 Å². The van der Waals surface area contributed by atoms with Crippen molar-refractivity contribution in [3.8, 4) is 6.07 Å². The van der Waals surface area contributed by atoms with E-state index in [1.54, 1.807) is 6.07 Å². The number of carbonyl (C=O) groups excluding carboxylic acids is 1. The highest BCUT2D eigenvalue weighted by molar-refractivity contribution is 6.30. The Morgan fingerprint density at radius 3 is 2.72 bits per heavy atom. The zero-order valence-electron chi connectivity index (χ0n) is 12.9. The van der Waals surface area contributed by atoms with E-state index < -0.39 is 23.4 Å². The molecule has 0 unspecified atom stereocenters. The topological polar surface area (TPSA) is 93.9 Å². The highest BCUT2D eigenvalue weighted by atomic mass is 35.5. The summed E-state index contributed by atoms with van der Waals surface area (Å²) in [4.78, 5) is 12.4. The van der Waals surface area contributed by atoms with E-state index in [4.69, 9.17) is 22.1 Å². The van der Waals surface area contributed by atoms with Crippen LogP contribution in [0.3, 0.4) is 0 Å². The van der Waals surface area contributed by atoms with E-state index in [2.05, 4.69) is 5.10 Å². The molecule has 0 saturated carbocycles. The zero-order valence-corrected chi connectivity index (χ0v) is 13.7. The Hall–Kier alpha value is -2.47. The first-order valence-corrected chi connectivity index (χ1v) is 7.68. The number of nitrogens with zero attached hydrogens (tertiary/aromatic N) is 3. The van der Waals surface area contributed by atoms with Crippen molar-refractivity contribution >= 4 is 17.4 Å². The number of aromatic nitrogens is 2. The molecule has 1 aromatic heterocycles. The van der Waals surface area contributed by atoms with Crippen LogP contribution in [-0.4, -0.2) is 15.6 Å². The number of hydrogen-bond donors (Lipinski definition) is 1. The smallest absolute Gasteiger partial charge is 0.435 e. The van der Waals surface area contributed by atoms with Gasteiger partial charge in [0.1, 0.15) is 22.6 Å². The van der Waals surface area contributed by atoms with Gasteiger partial charge in [0.05, 0.1) is 5.92 Å². The minimum Gasteiger partial charge on any atom is -0.444 e. The summed E-state index contributed by atoms with van der Waals surface area (Å²) in [7, 11) is 1.25. The van der Waals surface area contributed by atoms with Gasteiger partial charge in [-0.05, 0) is 6.42 Å². The molecule has 2 N–H and O–H groups in total. The van der Waals surface area contributed by atoms with E-state index in [9.17, 15) is 23.2 Å². The summed E-state index contributed by atoms with van der Waals surface area (Å²) >= 11 is 6.06. The van der Waals surface area contributed by atoms with Gasteiger partial charge in [-0.1, -0.05) is 11.6 Å². The Kier molecular flexibility index (Phi) is 4.03. The predicted molar refractivity (Wildman–Crippen MR) is 79.8 cm³/mol. The number of rotatable bonds is 1. The third-order valence-electron chi connectivity index (χ3n) is 4.17. The SMILES string of the molecule is Cn1nc(C(F)(F)F)c([C@@H]2C(C#N)=C(N)OC3=C2C(=O)CCC3)c1Cl. The molecule has 0 fully saturated rings. The summed E-state index contributed by atoms with van der Waals surface area (Å²) in [6, 6.07) is 1.75. The van der Waals surface area contributed by atoms with Gasteiger partial charge in [0.2, 0.25) is 5.88 Å². The van der Waals surface area contributed by atoms with Crippen LogP contribution in [0, 0.1) is 11.3 Å². The Labute approximate surface area is 145 Å². The number of carbonyl (C=O) groups is 1. The number of ether oxygens (including phenoxy) is 1. The summed E-state index contributed by atoms with van der Waals surface area (Å²) in [5.74, 6) is -1.88. The molecule has 1 atom stereocenters. The molecule has 132 valence electrons. The van der Waals surface area contributed by atoms with Gasteiger partial charge >= 0.3 is 6.18 Å². The number of allylic oxidation sites excluding steroid dienone is 3. The summed E-state index contributed by atoms with van der Waals surface area (Å²) in [5, 5.41) is 12.5. The number of halogens is 4. The molecule has 0 spiro atoms. The summed E-state index contributed by atoms with van der Waals surface area (Å²) < 4.78 is 46.5. The lowest BCUT2D eigenvalue weighted by Crippen LogP contribution is -2.28. The molecule has 2 heterocycles. The highest BCUT2D eigenvalue weighted by Crippen LogP contribution is 2.48. The van der Waals surface area contributed by atoms with E-state index in [0.717, 1.165) is 4.68 Å². The van der Waals surface area contributed by atoms with Gasteiger partial charge in [0.15, 0.2) is 11.5 Å². The molecule has 1 aliphatic carbocycles. The average molecular weight is 373 g/mol. The largest absolute Gasteiger partial charge is 0.444 e. The van der Waals surface area contributed by atoms with Crippen LogP contribution in [-0.2, 0) is 22.8 Å². The standard InChI is InChI=1S/C15H12ClF3N4O2/c1-23-13(16)11(12(22-23)15(17,18)19)9-6(5-20)14(21)25-8-4-2-3-7(24)10(8)9/h9H,2-4,21H2,1H3/t9-/m1/s1. The van der Waals surface area contributed by atoms with Crippen molar-refractivity contribution in [1.82, 2.24) is 9.78 Å². The molecule has 0 radical (unpaired) electrons. The first-order valence-electron chi connectivity index (χ1n) is 7.30. The minimum absolute atomic E-state index is 0.00241. The van der Waals surface area contributed by atoms with Gasteiger partial charge in [0, 0.05) is 31.0 Å². The van der Waals surface area contributed by atoms with Crippen molar-refractivity contribution in [2.75, 3.05) is 0 Å². The van der Waals surface area contributed by atoms with Gasteiger partial charge in [-0.3, -0.25) is 9.48 Å². The minimum atomic E-state index is -4.81. The second kappa shape index (κ2) is 5.81. The Morgan fingerprint density at radius 2 is 2.12 bits per heavy atom. The summed E-state index contributed by atoms with van der Waals surface area (Å²) in [6.45, 7) is 0. The van der Waals surface area contributed by atoms with Crippen LogP contribution in [0.15, 0.2) is 22.8 Å². The molecule has 10 heteroatoms. The molecule has 3 rings (SSSR count). The summed E-state index contributed by atoms with van der Waals surface area (Å²) in [5.41, 5.74) is 3.73. The number of aryl methyl sites for hydroxylation is 1. The van der Waals surface area contributed by atoms with Crippen molar-refractivity contribution in [2.45, 2.75) is 31.4 Å². The van der Waals surface area contributed by atoms with Crippen LogP contribution in [0.25, 0.3) is 0 Å². The molecule has 25 heavy (non-hydrogen) atoms. The number of nitrogens with two attached hydrogens (primary N) is 1. The normalized spacial score (nSPS) is 21.1.